The summed E-state index contributed by atoms with van der Waals surface area (Å²) >= 11 is 1.67. The molecule has 3 heterocycles. The number of rotatable bonds is 5. The van der Waals surface area contributed by atoms with Crippen molar-refractivity contribution in [1.29, 1.82) is 0 Å². The topological polar surface area (TPSA) is 51.2 Å². The van der Waals surface area contributed by atoms with Crippen molar-refractivity contribution in [1.82, 2.24) is 10.3 Å². The molecule has 2 atom stereocenters. The standard InChI is InChI=1S/C16H18N2O2S/c19-16(14-3-6-20-10-14)18-15(8-12-4-7-21-11-12)13-2-1-5-17-9-13/h1-2,4-5,7,9,11,14-15H,3,6,8,10H2,(H,18,19)/t14-,15+/m0/s1. The molecule has 0 bridgehead atoms. The first-order valence-electron chi connectivity index (χ1n) is 7.12. The molecule has 0 spiro atoms. The average Bonchev–Trinajstić information content (AvgIpc) is 3.21. The minimum Gasteiger partial charge on any atom is -0.381 e. The summed E-state index contributed by atoms with van der Waals surface area (Å²) < 4.78 is 5.30. The van der Waals surface area contributed by atoms with Gasteiger partial charge >= 0.3 is 0 Å². The highest BCUT2D eigenvalue weighted by Crippen LogP contribution is 2.21. The molecule has 1 aliphatic heterocycles. The second kappa shape index (κ2) is 6.83. The number of hydrogen-bond acceptors (Lipinski definition) is 4. The van der Waals surface area contributed by atoms with Gasteiger partial charge in [0.05, 0.1) is 18.6 Å². The second-order valence-corrected chi connectivity index (χ2v) is 6.02. The molecule has 0 aliphatic carbocycles. The molecule has 21 heavy (non-hydrogen) atoms. The van der Waals surface area contributed by atoms with Crippen molar-refractivity contribution >= 4 is 17.2 Å². The number of carbonyl (C=O) groups excluding carboxylic acids is 1. The van der Waals surface area contributed by atoms with Gasteiger partial charge in [-0.3, -0.25) is 9.78 Å². The van der Waals surface area contributed by atoms with Crippen molar-refractivity contribution in [3.63, 3.8) is 0 Å². The molecule has 1 saturated heterocycles. The summed E-state index contributed by atoms with van der Waals surface area (Å²) in [6.07, 6.45) is 5.17. The summed E-state index contributed by atoms with van der Waals surface area (Å²) in [5.41, 5.74) is 2.27. The first-order valence-corrected chi connectivity index (χ1v) is 8.06. The predicted molar refractivity (Wildman–Crippen MR) is 82.1 cm³/mol. The maximum atomic E-state index is 12.3. The molecule has 5 heteroatoms. The van der Waals surface area contributed by atoms with Gasteiger partial charge in [-0.05, 0) is 46.9 Å². The lowest BCUT2D eigenvalue weighted by Gasteiger charge is -2.20. The minimum atomic E-state index is -0.0404. The van der Waals surface area contributed by atoms with Gasteiger partial charge in [0.1, 0.15) is 0 Å². The van der Waals surface area contributed by atoms with E-state index in [0.717, 1.165) is 18.4 Å². The number of nitrogens with one attached hydrogen (secondary N) is 1. The van der Waals surface area contributed by atoms with E-state index in [0.29, 0.717) is 13.2 Å². The Balaban J connectivity index is 1.73. The monoisotopic (exact) mass is 302 g/mol. The highest BCUT2D eigenvalue weighted by molar-refractivity contribution is 7.07. The van der Waals surface area contributed by atoms with Gasteiger partial charge in [0.25, 0.3) is 0 Å². The number of amides is 1. The molecule has 0 radical (unpaired) electrons. The van der Waals surface area contributed by atoms with Crippen LogP contribution in [0, 0.1) is 5.92 Å². The fourth-order valence-corrected chi connectivity index (χ4v) is 3.19. The van der Waals surface area contributed by atoms with Crippen LogP contribution in [0.25, 0.3) is 0 Å². The molecule has 0 unspecified atom stereocenters. The second-order valence-electron chi connectivity index (χ2n) is 5.24. The van der Waals surface area contributed by atoms with Crippen molar-refractivity contribution in [2.24, 2.45) is 5.92 Å². The van der Waals surface area contributed by atoms with Crippen LogP contribution in [0.5, 0.6) is 0 Å². The lowest BCUT2D eigenvalue weighted by Crippen LogP contribution is -2.35. The highest BCUT2D eigenvalue weighted by atomic mass is 32.1. The summed E-state index contributed by atoms with van der Waals surface area (Å²) in [4.78, 5) is 16.5. The summed E-state index contributed by atoms with van der Waals surface area (Å²) in [5.74, 6) is 0.0585. The maximum absolute atomic E-state index is 12.3. The van der Waals surface area contributed by atoms with E-state index in [-0.39, 0.29) is 17.9 Å². The van der Waals surface area contributed by atoms with E-state index in [1.807, 2.05) is 18.3 Å². The lowest BCUT2D eigenvalue weighted by atomic mass is 10.0. The molecule has 0 aromatic carbocycles. The molecule has 1 N–H and O–H groups in total. The molecule has 3 rings (SSSR count). The van der Waals surface area contributed by atoms with Gasteiger partial charge in [-0.1, -0.05) is 6.07 Å². The average molecular weight is 302 g/mol. The van der Waals surface area contributed by atoms with E-state index in [4.69, 9.17) is 4.74 Å². The fraction of sp³-hybridized carbons (Fsp3) is 0.375. The Morgan fingerprint density at radius 1 is 1.52 bits per heavy atom. The molecule has 110 valence electrons. The highest BCUT2D eigenvalue weighted by Gasteiger charge is 2.26. The zero-order chi connectivity index (χ0) is 14.5. The number of aromatic nitrogens is 1. The van der Waals surface area contributed by atoms with Crippen LogP contribution in [0.2, 0.25) is 0 Å². The van der Waals surface area contributed by atoms with Crippen molar-refractivity contribution in [2.45, 2.75) is 18.9 Å². The number of carbonyl (C=O) groups is 1. The molecule has 1 amide bonds. The zero-order valence-electron chi connectivity index (χ0n) is 11.7. The van der Waals surface area contributed by atoms with Gasteiger partial charge in [-0.15, -0.1) is 0 Å². The van der Waals surface area contributed by atoms with E-state index in [1.165, 1.54) is 5.56 Å². The van der Waals surface area contributed by atoms with Crippen molar-refractivity contribution in [3.8, 4) is 0 Å². The Labute approximate surface area is 128 Å². The first kappa shape index (κ1) is 14.2. The van der Waals surface area contributed by atoms with E-state index >= 15 is 0 Å². The Bertz CT molecular complexity index is 565. The van der Waals surface area contributed by atoms with Crippen LogP contribution >= 0.6 is 11.3 Å². The molecule has 1 fully saturated rings. The number of thiophene rings is 1. The predicted octanol–water partition coefficient (Wildman–Crippen LogP) is 2.58. The molecule has 0 saturated carbocycles. The Morgan fingerprint density at radius 3 is 3.14 bits per heavy atom. The smallest absolute Gasteiger partial charge is 0.226 e. The van der Waals surface area contributed by atoms with E-state index < -0.39 is 0 Å². The van der Waals surface area contributed by atoms with Crippen molar-refractivity contribution in [3.05, 3.63) is 52.5 Å². The van der Waals surface area contributed by atoms with Crippen LogP contribution in [0.4, 0.5) is 0 Å². The summed E-state index contributed by atoms with van der Waals surface area (Å²) in [6.45, 7) is 1.21. The van der Waals surface area contributed by atoms with Crippen LogP contribution in [0.1, 0.15) is 23.6 Å². The third kappa shape index (κ3) is 3.68. The largest absolute Gasteiger partial charge is 0.381 e. The Morgan fingerprint density at radius 2 is 2.48 bits per heavy atom. The van der Waals surface area contributed by atoms with Crippen molar-refractivity contribution in [2.75, 3.05) is 13.2 Å². The van der Waals surface area contributed by atoms with Crippen LogP contribution in [0.15, 0.2) is 41.4 Å². The molecule has 1 aliphatic rings. The fourth-order valence-electron chi connectivity index (χ4n) is 2.51. The summed E-state index contributed by atoms with van der Waals surface area (Å²) in [7, 11) is 0. The number of pyridine rings is 1. The van der Waals surface area contributed by atoms with Gasteiger partial charge in [-0.2, -0.15) is 11.3 Å². The van der Waals surface area contributed by atoms with Gasteiger partial charge < -0.3 is 10.1 Å². The van der Waals surface area contributed by atoms with Crippen LogP contribution < -0.4 is 5.32 Å². The summed E-state index contributed by atoms with van der Waals surface area (Å²) in [5, 5.41) is 7.34. The van der Waals surface area contributed by atoms with Gasteiger partial charge in [0, 0.05) is 19.0 Å². The van der Waals surface area contributed by atoms with Crippen LogP contribution in [-0.4, -0.2) is 24.1 Å². The SMILES string of the molecule is O=C(N[C@H](Cc1ccsc1)c1cccnc1)[C@H]1CCOC1. The van der Waals surface area contributed by atoms with E-state index in [1.54, 1.807) is 17.5 Å². The minimum absolute atomic E-state index is 0.0216. The molecule has 2 aromatic heterocycles. The molecule has 4 nitrogen and oxygen atoms in total. The normalized spacial score (nSPS) is 19.3. The number of nitrogens with zero attached hydrogens (tertiary/aromatic N) is 1. The third-order valence-corrected chi connectivity index (χ3v) is 4.46. The zero-order valence-corrected chi connectivity index (χ0v) is 12.5. The first-order chi connectivity index (χ1) is 10.3. The molecular formula is C16H18N2O2S. The Kier molecular flexibility index (Phi) is 4.62. The van der Waals surface area contributed by atoms with Gasteiger partial charge in [0.2, 0.25) is 5.91 Å². The molecular weight excluding hydrogens is 284 g/mol. The van der Waals surface area contributed by atoms with Crippen molar-refractivity contribution < 1.29 is 9.53 Å². The van der Waals surface area contributed by atoms with Gasteiger partial charge in [0.15, 0.2) is 0 Å². The van der Waals surface area contributed by atoms with Gasteiger partial charge in [-0.25, -0.2) is 0 Å². The number of hydrogen-bond donors (Lipinski definition) is 1. The van der Waals surface area contributed by atoms with E-state index in [2.05, 4.69) is 27.1 Å². The van der Waals surface area contributed by atoms with Crippen LogP contribution in [-0.2, 0) is 16.0 Å². The Hall–Kier alpha value is -1.72. The van der Waals surface area contributed by atoms with E-state index in [9.17, 15) is 4.79 Å². The third-order valence-electron chi connectivity index (χ3n) is 3.72. The lowest BCUT2D eigenvalue weighted by molar-refractivity contribution is -0.125. The van der Waals surface area contributed by atoms with Crippen LogP contribution in [0.3, 0.4) is 0 Å². The quantitative estimate of drug-likeness (QED) is 0.923. The number of ether oxygens (including phenoxy) is 1. The molecule has 2 aromatic rings. The maximum Gasteiger partial charge on any atom is 0.226 e. The summed E-state index contributed by atoms with van der Waals surface area (Å²) in [6, 6.07) is 5.97.